The summed E-state index contributed by atoms with van der Waals surface area (Å²) in [5, 5.41) is 5.14. The van der Waals surface area contributed by atoms with Crippen molar-refractivity contribution in [1.82, 2.24) is 0 Å². The highest BCUT2D eigenvalue weighted by Gasteiger charge is 2.10. The highest BCUT2D eigenvalue weighted by Crippen LogP contribution is 2.23. The van der Waals surface area contributed by atoms with Gasteiger partial charge in [-0.2, -0.15) is 0 Å². The number of hydrogen-bond acceptors (Lipinski definition) is 4. The fourth-order valence-electron chi connectivity index (χ4n) is 1.46. The monoisotopic (exact) mass is 334 g/mol. The molecule has 0 aliphatic rings. The molecule has 1 aromatic carbocycles. The van der Waals surface area contributed by atoms with E-state index in [0.717, 1.165) is 0 Å². The minimum atomic E-state index is -0.611. The van der Waals surface area contributed by atoms with E-state index < -0.39 is 12.2 Å². The van der Waals surface area contributed by atoms with Gasteiger partial charge in [-0.05, 0) is 24.6 Å². The van der Waals surface area contributed by atoms with Crippen LogP contribution < -0.4 is 10.6 Å². The predicted octanol–water partition coefficient (Wildman–Crippen LogP) is 3.57. The van der Waals surface area contributed by atoms with Crippen LogP contribution in [0, 0.1) is 6.92 Å². The van der Waals surface area contributed by atoms with Gasteiger partial charge in [-0.3, -0.25) is 10.6 Å². The summed E-state index contributed by atoms with van der Waals surface area (Å²) >= 11 is 10.9. The summed E-state index contributed by atoms with van der Waals surface area (Å²) in [6, 6.07) is 5.06. The van der Waals surface area contributed by atoms with Gasteiger partial charge in [-0.1, -0.05) is 6.07 Å². The summed E-state index contributed by atoms with van der Waals surface area (Å²) in [6.07, 6.45) is -1.22. The zero-order valence-electron chi connectivity index (χ0n) is 11.4. The Kier molecular flexibility index (Phi) is 7.71. The quantitative estimate of drug-likeness (QED) is 0.779. The van der Waals surface area contributed by atoms with Crippen LogP contribution in [0.1, 0.15) is 5.56 Å². The van der Waals surface area contributed by atoms with Crippen molar-refractivity contribution in [1.29, 1.82) is 0 Å². The van der Waals surface area contributed by atoms with Crippen molar-refractivity contribution in [2.75, 3.05) is 35.6 Å². The topological polar surface area (TPSA) is 76.7 Å². The molecule has 0 spiro atoms. The zero-order valence-corrected chi connectivity index (χ0v) is 13.0. The fraction of sp³-hybridized carbons (Fsp3) is 0.385. The molecular formula is C13H16Cl2N2O4. The van der Waals surface area contributed by atoms with E-state index in [4.69, 9.17) is 32.7 Å². The molecule has 6 nitrogen and oxygen atoms in total. The van der Waals surface area contributed by atoms with Gasteiger partial charge in [0.05, 0.1) is 11.8 Å². The van der Waals surface area contributed by atoms with Crippen LogP contribution in [0.5, 0.6) is 0 Å². The van der Waals surface area contributed by atoms with Crippen LogP contribution >= 0.6 is 23.2 Å². The first-order valence-electron chi connectivity index (χ1n) is 6.17. The molecule has 2 N–H and O–H groups in total. The lowest BCUT2D eigenvalue weighted by atomic mass is 10.1. The maximum absolute atomic E-state index is 11.5. The van der Waals surface area contributed by atoms with Gasteiger partial charge < -0.3 is 9.47 Å². The van der Waals surface area contributed by atoms with E-state index in [1.807, 2.05) is 0 Å². The van der Waals surface area contributed by atoms with Crippen LogP contribution in [-0.2, 0) is 9.47 Å². The summed E-state index contributed by atoms with van der Waals surface area (Å²) in [6.45, 7) is 1.98. The number of ether oxygens (including phenoxy) is 2. The standard InChI is InChI=1S/C13H16Cl2N2O4/c1-9-10(16-12(18)20-7-5-14)3-2-4-11(9)17-13(19)21-8-6-15/h2-4H,5-8H2,1H3,(H,16,18)(H,17,19). The van der Waals surface area contributed by atoms with Crippen molar-refractivity contribution >= 4 is 46.8 Å². The van der Waals surface area contributed by atoms with Crippen molar-refractivity contribution in [2.45, 2.75) is 6.92 Å². The molecule has 0 aliphatic heterocycles. The van der Waals surface area contributed by atoms with Crippen molar-refractivity contribution in [3.63, 3.8) is 0 Å². The lowest BCUT2D eigenvalue weighted by Gasteiger charge is -2.13. The van der Waals surface area contributed by atoms with Crippen LogP contribution in [0.2, 0.25) is 0 Å². The molecule has 0 heterocycles. The highest BCUT2D eigenvalue weighted by molar-refractivity contribution is 6.18. The van der Waals surface area contributed by atoms with Gasteiger partial charge in [0.15, 0.2) is 0 Å². The van der Waals surface area contributed by atoms with E-state index in [0.29, 0.717) is 16.9 Å². The van der Waals surface area contributed by atoms with Crippen molar-refractivity contribution in [3.8, 4) is 0 Å². The molecule has 2 amide bonds. The number of amides is 2. The number of carbonyl (C=O) groups excluding carboxylic acids is 2. The maximum atomic E-state index is 11.5. The first-order valence-corrected chi connectivity index (χ1v) is 7.24. The Bertz CT molecular complexity index is 457. The number of benzene rings is 1. The Labute approximate surface area is 132 Å². The summed E-state index contributed by atoms with van der Waals surface area (Å²) in [7, 11) is 0. The van der Waals surface area contributed by atoms with E-state index >= 15 is 0 Å². The molecule has 0 aliphatic carbocycles. The van der Waals surface area contributed by atoms with Gasteiger partial charge in [0.1, 0.15) is 13.2 Å². The number of alkyl halides is 2. The normalized spacial score (nSPS) is 9.86. The Hall–Kier alpha value is -1.66. The Morgan fingerprint density at radius 3 is 1.81 bits per heavy atom. The van der Waals surface area contributed by atoms with Gasteiger partial charge >= 0.3 is 12.2 Å². The summed E-state index contributed by atoms with van der Waals surface area (Å²) in [5.74, 6) is 0.445. The molecule has 0 saturated carbocycles. The first kappa shape index (κ1) is 17.4. The second-order valence-electron chi connectivity index (χ2n) is 3.88. The molecule has 0 atom stereocenters. The molecule has 0 fully saturated rings. The minimum absolute atomic E-state index is 0.120. The maximum Gasteiger partial charge on any atom is 0.411 e. The van der Waals surface area contributed by atoms with Crippen molar-refractivity contribution in [3.05, 3.63) is 23.8 Å². The third-order valence-corrected chi connectivity index (χ3v) is 2.74. The number of hydrogen-bond donors (Lipinski definition) is 2. The van der Waals surface area contributed by atoms with Crippen LogP contribution in [-0.4, -0.2) is 37.2 Å². The van der Waals surface area contributed by atoms with Gasteiger partial charge in [0.2, 0.25) is 0 Å². The number of rotatable bonds is 6. The van der Waals surface area contributed by atoms with E-state index in [-0.39, 0.29) is 25.0 Å². The average Bonchev–Trinajstić information content (AvgIpc) is 2.47. The molecule has 8 heteroatoms. The molecule has 0 aromatic heterocycles. The first-order chi connectivity index (χ1) is 10.1. The van der Waals surface area contributed by atoms with Crippen LogP contribution in [0.15, 0.2) is 18.2 Å². The Balaban J connectivity index is 2.69. The zero-order chi connectivity index (χ0) is 15.7. The Morgan fingerprint density at radius 2 is 1.43 bits per heavy atom. The van der Waals surface area contributed by atoms with Gasteiger partial charge in [-0.15, -0.1) is 23.2 Å². The summed E-state index contributed by atoms with van der Waals surface area (Å²) in [5.41, 5.74) is 1.71. The molecule has 1 aromatic rings. The van der Waals surface area contributed by atoms with Crippen molar-refractivity contribution < 1.29 is 19.1 Å². The predicted molar refractivity (Wildman–Crippen MR) is 82.6 cm³/mol. The summed E-state index contributed by atoms with van der Waals surface area (Å²) in [4.78, 5) is 23.0. The van der Waals surface area contributed by atoms with E-state index in [9.17, 15) is 9.59 Å². The van der Waals surface area contributed by atoms with E-state index in [1.165, 1.54) is 0 Å². The van der Waals surface area contributed by atoms with E-state index in [1.54, 1.807) is 25.1 Å². The second kappa shape index (κ2) is 9.31. The number of anilines is 2. The number of halogens is 2. The van der Waals surface area contributed by atoms with Gasteiger partial charge in [0, 0.05) is 11.4 Å². The summed E-state index contributed by atoms with van der Waals surface area (Å²) < 4.78 is 9.63. The molecule has 0 saturated heterocycles. The smallest absolute Gasteiger partial charge is 0.411 e. The number of carbonyl (C=O) groups is 2. The lowest BCUT2D eigenvalue weighted by Crippen LogP contribution is -2.18. The van der Waals surface area contributed by atoms with E-state index in [2.05, 4.69) is 10.6 Å². The van der Waals surface area contributed by atoms with Crippen LogP contribution in [0.4, 0.5) is 21.0 Å². The number of nitrogens with one attached hydrogen (secondary N) is 2. The SMILES string of the molecule is Cc1c(NC(=O)OCCCl)cccc1NC(=O)OCCCl. The average molecular weight is 335 g/mol. The van der Waals surface area contributed by atoms with Gasteiger partial charge in [-0.25, -0.2) is 9.59 Å². The van der Waals surface area contributed by atoms with Crippen molar-refractivity contribution in [2.24, 2.45) is 0 Å². The third kappa shape index (κ3) is 6.10. The molecule has 21 heavy (non-hydrogen) atoms. The minimum Gasteiger partial charge on any atom is -0.448 e. The second-order valence-corrected chi connectivity index (χ2v) is 4.63. The molecule has 0 bridgehead atoms. The molecule has 0 radical (unpaired) electrons. The van der Waals surface area contributed by atoms with Crippen LogP contribution in [0.25, 0.3) is 0 Å². The molecule has 116 valence electrons. The fourth-order valence-corrected chi connectivity index (χ4v) is 1.62. The largest absolute Gasteiger partial charge is 0.448 e. The molecule has 0 unspecified atom stereocenters. The molecule has 1 rings (SSSR count). The lowest BCUT2D eigenvalue weighted by molar-refractivity contribution is 0.168. The highest BCUT2D eigenvalue weighted by atomic mass is 35.5. The van der Waals surface area contributed by atoms with Gasteiger partial charge in [0.25, 0.3) is 0 Å². The Morgan fingerprint density at radius 1 is 1.00 bits per heavy atom. The van der Waals surface area contributed by atoms with Crippen LogP contribution in [0.3, 0.4) is 0 Å². The third-order valence-electron chi connectivity index (χ3n) is 2.43. The molecular weight excluding hydrogens is 319 g/mol.